The Morgan fingerprint density at radius 1 is 1.26 bits per heavy atom. The second-order valence-electron chi connectivity index (χ2n) is 8.61. The van der Waals surface area contributed by atoms with Crippen molar-refractivity contribution >= 4 is 33.9 Å². The first-order chi connectivity index (χ1) is 14.9. The number of amides is 1. The molecule has 0 fully saturated rings. The number of thiophene rings is 1. The molecule has 1 aliphatic carbocycles. The minimum absolute atomic E-state index is 0.154. The molecule has 0 saturated heterocycles. The summed E-state index contributed by atoms with van der Waals surface area (Å²) in [5.74, 6) is -0.232. The maximum Gasteiger partial charge on any atom is 0.341 e. The standard InChI is InChI=1S/C24H29FN2O3S/c1-4-30-24(29)22-18-9-5-14(2)11-20(18)31-23(22)26-21(28)13-27-15(3)6-7-16-12-17(25)8-10-19(16)27/h8,10,12,14-15H,4-7,9,11,13H2,1-3H3,(H,26,28). The number of benzene rings is 1. The molecule has 0 bridgehead atoms. The van der Waals surface area contributed by atoms with Gasteiger partial charge in [0.15, 0.2) is 0 Å². The van der Waals surface area contributed by atoms with Gasteiger partial charge in [0.1, 0.15) is 10.8 Å². The van der Waals surface area contributed by atoms with E-state index in [1.807, 2.05) is 4.90 Å². The minimum Gasteiger partial charge on any atom is -0.462 e. The summed E-state index contributed by atoms with van der Waals surface area (Å²) in [6.07, 6.45) is 4.45. The van der Waals surface area contributed by atoms with Crippen molar-refractivity contribution < 1.29 is 18.7 Å². The van der Waals surface area contributed by atoms with Crippen LogP contribution in [0.25, 0.3) is 0 Å². The minimum atomic E-state index is -0.364. The number of hydrogen-bond donors (Lipinski definition) is 1. The monoisotopic (exact) mass is 444 g/mol. The van der Waals surface area contributed by atoms with Crippen LogP contribution < -0.4 is 10.2 Å². The predicted octanol–water partition coefficient (Wildman–Crippen LogP) is 4.97. The van der Waals surface area contributed by atoms with Gasteiger partial charge in [0, 0.05) is 16.6 Å². The van der Waals surface area contributed by atoms with E-state index in [1.165, 1.54) is 22.3 Å². The molecule has 0 spiro atoms. The number of hydrogen-bond acceptors (Lipinski definition) is 5. The molecule has 7 heteroatoms. The molecule has 0 saturated carbocycles. The van der Waals surface area contributed by atoms with Crippen LogP contribution >= 0.6 is 11.3 Å². The molecule has 1 N–H and O–H groups in total. The molecular formula is C24H29FN2O3S. The van der Waals surface area contributed by atoms with Crippen LogP contribution in [0.4, 0.5) is 15.1 Å². The number of nitrogens with one attached hydrogen (secondary N) is 1. The molecule has 2 heterocycles. The largest absolute Gasteiger partial charge is 0.462 e. The van der Waals surface area contributed by atoms with Crippen molar-refractivity contribution in [2.45, 2.75) is 58.9 Å². The summed E-state index contributed by atoms with van der Waals surface area (Å²) in [6, 6.07) is 4.92. The van der Waals surface area contributed by atoms with Crippen molar-refractivity contribution in [1.29, 1.82) is 0 Å². The average Bonchev–Trinajstić information content (AvgIpc) is 3.07. The molecule has 1 aliphatic heterocycles. The fourth-order valence-corrected chi connectivity index (χ4v) is 6.03. The van der Waals surface area contributed by atoms with Crippen molar-refractivity contribution in [2.24, 2.45) is 5.92 Å². The lowest BCUT2D eigenvalue weighted by Crippen LogP contribution is -2.42. The van der Waals surface area contributed by atoms with Gasteiger partial charge in [0.2, 0.25) is 5.91 Å². The van der Waals surface area contributed by atoms with Crippen molar-refractivity contribution in [2.75, 3.05) is 23.4 Å². The Kier molecular flexibility index (Phi) is 6.32. The Morgan fingerprint density at radius 3 is 2.84 bits per heavy atom. The number of ether oxygens (including phenoxy) is 1. The van der Waals surface area contributed by atoms with E-state index in [0.29, 0.717) is 23.1 Å². The molecule has 166 valence electrons. The Hall–Kier alpha value is -2.41. The summed E-state index contributed by atoms with van der Waals surface area (Å²) in [7, 11) is 0. The Morgan fingerprint density at radius 2 is 2.06 bits per heavy atom. The first kappa shape index (κ1) is 21.8. The second-order valence-corrected chi connectivity index (χ2v) is 9.72. The third-order valence-corrected chi connectivity index (χ3v) is 7.44. The highest BCUT2D eigenvalue weighted by molar-refractivity contribution is 7.17. The van der Waals surface area contributed by atoms with Crippen LogP contribution in [0.15, 0.2) is 18.2 Å². The molecule has 2 unspecified atom stereocenters. The van der Waals surface area contributed by atoms with Crippen molar-refractivity contribution in [3.63, 3.8) is 0 Å². The van der Waals surface area contributed by atoms with Gasteiger partial charge in [-0.15, -0.1) is 11.3 Å². The fraction of sp³-hybridized carbons (Fsp3) is 0.500. The van der Waals surface area contributed by atoms with Crippen LogP contribution in [-0.2, 0) is 28.8 Å². The number of rotatable bonds is 5. The molecule has 1 aromatic carbocycles. The zero-order valence-electron chi connectivity index (χ0n) is 18.3. The van der Waals surface area contributed by atoms with Crippen LogP contribution in [-0.4, -0.2) is 31.1 Å². The van der Waals surface area contributed by atoms with E-state index in [-0.39, 0.29) is 30.3 Å². The van der Waals surface area contributed by atoms with E-state index in [2.05, 4.69) is 19.2 Å². The number of halogens is 1. The highest BCUT2D eigenvalue weighted by atomic mass is 32.1. The third-order valence-electron chi connectivity index (χ3n) is 6.27. The third kappa shape index (κ3) is 4.47. The van der Waals surface area contributed by atoms with Gasteiger partial charge < -0.3 is 15.0 Å². The molecule has 2 aliphatic rings. The molecule has 31 heavy (non-hydrogen) atoms. The normalized spacial score (nSPS) is 20.1. The summed E-state index contributed by atoms with van der Waals surface area (Å²) in [6.45, 7) is 6.53. The van der Waals surface area contributed by atoms with Crippen molar-refractivity contribution in [1.82, 2.24) is 0 Å². The van der Waals surface area contributed by atoms with Crippen molar-refractivity contribution in [3.05, 3.63) is 45.6 Å². The molecular weight excluding hydrogens is 415 g/mol. The summed E-state index contributed by atoms with van der Waals surface area (Å²) >= 11 is 1.50. The number of esters is 1. The molecule has 1 aromatic heterocycles. The number of nitrogens with zero attached hydrogens (tertiary/aromatic N) is 1. The summed E-state index contributed by atoms with van der Waals surface area (Å²) in [5, 5.41) is 3.58. The molecule has 2 atom stereocenters. The molecule has 4 rings (SSSR count). The highest BCUT2D eigenvalue weighted by Crippen LogP contribution is 2.40. The zero-order valence-corrected chi connectivity index (χ0v) is 19.1. The quantitative estimate of drug-likeness (QED) is 0.662. The van der Waals surface area contributed by atoms with E-state index in [0.717, 1.165) is 48.9 Å². The van der Waals surface area contributed by atoms with Gasteiger partial charge in [0.05, 0.1) is 18.7 Å². The van der Waals surface area contributed by atoms with Crippen LogP contribution in [0, 0.1) is 11.7 Å². The van der Waals surface area contributed by atoms with Crippen molar-refractivity contribution in [3.8, 4) is 0 Å². The lowest BCUT2D eigenvalue weighted by Gasteiger charge is -2.36. The predicted molar refractivity (Wildman–Crippen MR) is 122 cm³/mol. The van der Waals surface area contributed by atoms with Gasteiger partial charge >= 0.3 is 5.97 Å². The van der Waals surface area contributed by atoms with Gasteiger partial charge in [-0.05, 0) is 81.2 Å². The van der Waals surface area contributed by atoms with E-state index in [1.54, 1.807) is 19.1 Å². The van der Waals surface area contributed by atoms with E-state index < -0.39 is 0 Å². The molecule has 5 nitrogen and oxygen atoms in total. The van der Waals surface area contributed by atoms with Gasteiger partial charge in [-0.1, -0.05) is 6.92 Å². The lowest BCUT2D eigenvalue weighted by molar-refractivity contribution is -0.115. The lowest BCUT2D eigenvalue weighted by atomic mass is 9.88. The number of carbonyl (C=O) groups excluding carboxylic acids is 2. The number of aryl methyl sites for hydroxylation is 1. The Bertz CT molecular complexity index is 1000. The van der Waals surface area contributed by atoms with Gasteiger partial charge in [-0.3, -0.25) is 4.79 Å². The van der Waals surface area contributed by atoms with E-state index >= 15 is 0 Å². The maximum absolute atomic E-state index is 13.7. The van der Waals surface area contributed by atoms with Crippen LogP contribution in [0.2, 0.25) is 0 Å². The second kappa shape index (κ2) is 8.99. The zero-order chi connectivity index (χ0) is 22.1. The average molecular weight is 445 g/mol. The van der Waals surface area contributed by atoms with Gasteiger partial charge in [0.25, 0.3) is 0 Å². The molecule has 1 amide bonds. The summed E-state index contributed by atoms with van der Waals surface area (Å²) in [5.41, 5.74) is 3.39. The number of fused-ring (bicyclic) bond motifs is 2. The summed E-state index contributed by atoms with van der Waals surface area (Å²) < 4.78 is 18.9. The number of anilines is 2. The number of carbonyl (C=O) groups is 2. The van der Waals surface area contributed by atoms with E-state index in [9.17, 15) is 14.0 Å². The van der Waals surface area contributed by atoms with Gasteiger partial charge in [-0.2, -0.15) is 0 Å². The molecule has 2 aromatic rings. The van der Waals surface area contributed by atoms with Crippen LogP contribution in [0.3, 0.4) is 0 Å². The smallest absolute Gasteiger partial charge is 0.341 e. The maximum atomic E-state index is 13.7. The first-order valence-corrected chi connectivity index (χ1v) is 11.9. The van der Waals surface area contributed by atoms with Crippen LogP contribution in [0.1, 0.15) is 60.0 Å². The molecule has 0 radical (unpaired) electrons. The Balaban J connectivity index is 1.57. The first-order valence-electron chi connectivity index (χ1n) is 11.0. The SMILES string of the molecule is CCOC(=O)c1c(NC(=O)CN2c3ccc(F)cc3CCC2C)sc2c1CCC(C)C2. The van der Waals surface area contributed by atoms with Gasteiger partial charge in [-0.25, -0.2) is 9.18 Å². The summed E-state index contributed by atoms with van der Waals surface area (Å²) in [4.78, 5) is 28.9. The Labute approximate surface area is 186 Å². The highest BCUT2D eigenvalue weighted by Gasteiger charge is 2.30. The van der Waals surface area contributed by atoms with E-state index in [4.69, 9.17) is 4.74 Å². The topological polar surface area (TPSA) is 58.6 Å². The van der Waals surface area contributed by atoms with Crippen LogP contribution in [0.5, 0.6) is 0 Å². The fourth-order valence-electron chi connectivity index (χ4n) is 4.61.